The van der Waals surface area contributed by atoms with Crippen LogP contribution in [0.1, 0.15) is 38.3 Å². The lowest BCUT2D eigenvalue weighted by atomic mass is 9.73. The maximum atomic E-state index is 13.5. The van der Waals surface area contributed by atoms with E-state index < -0.39 is 0 Å². The predicted molar refractivity (Wildman–Crippen MR) is 117 cm³/mol. The average molecular weight is 422 g/mol. The number of para-hydroxylation sites is 1. The van der Waals surface area contributed by atoms with Crippen LogP contribution in [0.4, 0.5) is 9.52 Å². The number of hydrogen-bond donors (Lipinski definition) is 3. The van der Waals surface area contributed by atoms with Gasteiger partial charge in [-0.3, -0.25) is 9.79 Å². The van der Waals surface area contributed by atoms with Crippen molar-refractivity contribution in [2.45, 2.75) is 32.7 Å². The Kier molecular flexibility index (Phi) is 4.43. The van der Waals surface area contributed by atoms with Crippen molar-refractivity contribution in [2.24, 2.45) is 5.41 Å². The monoisotopic (exact) mass is 421 g/mol. The second kappa shape index (κ2) is 7.02. The Balaban J connectivity index is 1.54. The summed E-state index contributed by atoms with van der Waals surface area (Å²) in [7, 11) is 0. The molecule has 1 atom stereocenters. The van der Waals surface area contributed by atoms with Gasteiger partial charge in [0.25, 0.3) is 5.13 Å². The molecule has 7 heteroatoms. The number of guanidine groups is 1. The van der Waals surface area contributed by atoms with Crippen molar-refractivity contribution < 1.29 is 14.2 Å². The van der Waals surface area contributed by atoms with Gasteiger partial charge in [0.1, 0.15) is 11.9 Å². The summed E-state index contributed by atoms with van der Waals surface area (Å²) >= 11 is 1.56. The third-order valence-corrected chi connectivity index (χ3v) is 6.45. The summed E-state index contributed by atoms with van der Waals surface area (Å²) in [5.74, 6) is 0.497. The predicted octanol–water partition coefficient (Wildman–Crippen LogP) is 3.27. The summed E-state index contributed by atoms with van der Waals surface area (Å²) < 4.78 is 14.6. The van der Waals surface area contributed by atoms with Gasteiger partial charge in [-0.25, -0.2) is 20.0 Å². The van der Waals surface area contributed by atoms with Gasteiger partial charge in [0, 0.05) is 12.8 Å². The minimum Gasteiger partial charge on any atom is -0.294 e. The van der Waals surface area contributed by atoms with Gasteiger partial charge >= 0.3 is 5.96 Å². The summed E-state index contributed by atoms with van der Waals surface area (Å²) in [6, 6.07) is 13.9. The van der Waals surface area contributed by atoms with Crippen molar-refractivity contribution in [1.29, 1.82) is 0 Å². The summed E-state index contributed by atoms with van der Waals surface area (Å²) in [5.41, 5.74) is 3.31. The number of rotatable bonds is 2. The number of nitrogens with one attached hydrogen (secondary N) is 3. The molecule has 3 N–H and O–H groups in total. The fourth-order valence-corrected chi connectivity index (χ4v) is 5.06. The van der Waals surface area contributed by atoms with E-state index in [1.807, 2.05) is 24.3 Å². The number of nitrogens with zero attached hydrogens (tertiary/aromatic N) is 1. The molecule has 5 rings (SSSR count). The van der Waals surface area contributed by atoms with Crippen molar-refractivity contribution in [3.05, 3.63) is 71.2 Å². The average Bonchev–Trinajstić information content (AvgIpc) is 3.09. The molecule has 0 saturated carbocycles. The van der Waals surface area contributed by atoms with Crippen LogP contribution in [0.25, 0.3) is 10.2 Å². The third-order valence-electron chi connectivity index (χ3n) is 5.50. The van der Waals surface area contributed by atoms with Crippen molar-refractivity contribution >= 4 is 38.4 Å². The first-order valence-corrected chi connectivity index (χ1v) is 10.7. The maximum absolute atomic E-state index is 13.5. The molecule has 0 radical (unpaired) electrons. The number of thiazole rings is 1. The topological polar surface area (TPSA) is 68.0 Å². The van der Waals surface area contributed by atoms with Crippen molar-refractivity contribution in [3.8, 4) is 0 Å². The quantitative estimate of drug-likeness (QED) is 0.594. The van der Waals surface area contributed by atoms with E-state index in [0.717, 1.165) is 38.6 Å². The molecule has 30 heavy (non-hydrogen) atoms. The standard InChI is InChI=1S/C23H21FN4OS/c1-23(2)11-16-19(17(29)12-23)20(13-7-9-14(24)10-8-13)27-21(25-16)28-22-26-15-5-3-4-6-18(15)30-22/h3-10,20H,11-12H2,1-2H3,(H2,25,26,27,28)/p+1/t20-/m1/s1. The highest BCUT2D eigenvalue weighted by Crippen LogP contribution is 2.39. The molecule has 3 aromatic rings. The molecule has 1 aromatic heterocycles. The maximum Gasteiger partial charge on any atom is 0.355 e. The molecule has 0 fully saturated rings. The lowest BCUT2D eigenvalue weighted by Crippen LogP contribution is -2.82. The number of hydrogen-bond acceptors (Lipinski definition) is 5. The molecule has 5 nitrogen and oxygen atoms in total. The number of Topliss-reactive ketones (excluding diaryl/α,β-unsaturated/α-hetero) is 1. The zero-order chi connectivity index (χ0) is 20.9. The molecule has 2 aromatic carbocycles. The number of ketones is 1. The Bertz CT molecular complexity index is 1180. The Labute approximate surface area is 177 Å². The zero-order valence-corrected chi connectivity index (χ0v) is 17.6. The molecular weight excluding hydrogens is 399 g/mol. The molecule has 0 unspecified atom stereocenters. The molecule has 0 amide bonds. The Morgan fingerprint density at radius 1 is 1.17 bits per heavy atom. The lowest BCUT2D eigenvalue weighted by Gasteiger charge is -2.34. The van der Waals surface area contributed by atoms with Gasteiger partial charge in [0.15, 0.2) is 5.78 Å². The molecule has 152 valence electrons. The highest BCUT2D eigenvalue weighted by atomic mass is 32.1. The molecular formula is C23H22FN4OS+. The number of carbonyl (C=O) groups is 1. The van der Waals surface area contributed by atoms with E-state index in [4.69, 9.17) is 0 Å². The Morgan fingerprint density at radius 3 is 2.70 bits per heavy atom. The van der Waals surface area contributed by atoms with E-state index in [9.17, 15) is 9.18 Å². The number of halogens is 1. The SMILES string of the molecule is CC1(C)CC(=O)C2=C(C1)NC(Nc1nc3ccccc3s1)=[NH+][C@@H]2c1ccc(F)cc1. The number of allylic oxidation sites excluding steroid dienone is 1. The zero-order valence-electron chi connectivity index (χ0n) is 16.8. The summed E-state index contributed by atoms with van der Waals surface area (Å²) in [6.45, 7) is 4.21. The molecule has 1 aliphatic carbocycles. The van der Waals surface area contributed by atoms with Crippen LogP contribution in [0, 0.1) is 11.2 Å². The number of carbonyl (C=O) groups excluding carboxylic acids is 1. The third kappa shape index (κ3) is 3.50. The highest BCUT2D eigenvalue weighted by molar-refractivity contribution is 7.22. The first kappa shape index (κ1) is 18.9. The molecule has 1 aliphatic heterocycles. The Morgan fingerprint density at radius 2 is 1.93 bits per heavy atom. The van der Waals surface area contributed by atoms with Gasteiger partial charge < -0.3 is 0 Å². The minimum atomic E-state index is -0.345. The lowest BCUT2D eigenvalue weighted by molar-refractivity contribution is -0.502. The molecule has 0 bridgehead atoms. The molecule has 0 saturated heterocycles. The first-order chi connectivity index (χ1) is 14.4. The van der Waals surface area contributed by atoms with E-state index in [0.29, 0.717) is 12.4 Å². The van der Waals surface area contributed by atoms with Gasteiger partial charge in [0.05, 0.1) is 21.5 Å². The van der Waals surface area contributed by atoms with Crippen LogP contribution in [0.2, 0.25) is 0 Å². The van der Waals surface area contributed by atoms with E-state index in [1.54, 1.807) is 23.5 Å². The van der Waals surface area contributed by atoms with Crippen LogP contribution < -0.4 is 15.6 Å². The smallest absolute Gasteiger partial charge is 0.294 e. The summed E-state index contributed by atoms with van der Waals surface area (Å²) in [5, 5.41) is 7.49. The number of benzene rings is 2. The van der Waals surface area contributed by atoms with Crippen LogP contribution in [0.15, 0.2) is 59.8 Å². The van der Waals surface area contributed by atoms with Gasteiger partial charge in [-0.05, 0) is 35.2 Å². The van der Waals surface area contributed by atoms with E-state index in [2.05, 4.69) is 34.5 Å². The fraction of sp³-hybridized carbons (Fsp3) is 0.261. The normalized spacial score (nSPS) is 20.6. The van der Waals surface area contributed by atoms with E-state index >= 15 is 0 Å². The number of anilines is 1. The van der Waals surface area contributed by atoms with Crippen molar-refractivity contribution in [3.63, 3.8) is 0 Å². The van der Waals surface area contributed by atoms with Gasteiger partial charge in [-0.15, -0.1) is 0 Å². The van der Waals surface area contributed by atoms with E-state index in [1.165, 1.54) is 12.1 Å². The second-order valence-electron chi connectivity index (χ2n) is 8.57. The largest absolute Gasteiger partial charge is 0.355 e. The van der Waals surface area contributed by atoms with Gasteiger partial charge in [-0.1, -0.05) is 49.4 Å². The van der Waals surface area contributed by atoms with Crippen molar-refractivity contribution in [2.75, 3.05) is 5.32 Å². The molecule has 2 heterocycles. The Hall–Kier alpha value is -3.06. The first-order valence-electron chi connectivity index (χ1n) is 9.93. The highest BCUT2D eigenvalue weighted by Gasteiger charge is 2.41. The number of fused-ring (bicyclic) bond motifs is 1. The summed E-state index contributed by atoms with van der Waals surface area (Å²) in [6.07, 6.45) is 1.26. The van der Waals surface area contributed by atoms with Gasteiger partial charge in [0.2, 0.25) is 0 Å². The fourth-order valence-electron chi connectivity index (χ4n) is 4.19. The second-order valence-corrected chi connectivity index (χ2v) is 9.60. The van der Waals surface area contributed by atoms with Crippen LogP contribution in [-0.4, -0.2) is 16.7 Å². The van der Waals surface area contributed by atoms with Crippen molar-refractivity contribution in [1.82, 2.24) is 10.3 Å². The van der Waals surface area contributed by atoms with Gasteiger partial charge in [-0.2, -0.15) is 0 Å². The number of aromatic nitrogens is 1. The van der Waals surface area contributed by atoms with Crippen LogP contribution in [0.5, 0.6) is 0 Å². The van der Waals surface area contributed by atoms with Crippen LogP contribution in [-0.2, 0) is 4.79 Å². The minimum absolute atomic E-state index is 0.116. The van der Waals surface area contributed by atoms with E-state index in [-0.39, 0.29) is 23.1 Å². The molecule has 2 aliphatic rings. The van der Waals surface area contributed by atoms with Crippen LogP contribution >= 0.6 is 11.3 Å². The van der Waals surface area contributed by atoms with Crippen LogP contribution in [0.3, 0.4) is 0 Å². The molecule has 0 spiro atoms. The summed E-state index contributed by atoms with van der Waals surface area (Å²) in [4.78, 5) is 21.1.